The minimum absolute atomic E-state index is 0.716. The Kier molecular flexibility index (Phi) is 3.29. The van der Waals surface area contributed by atoms with Gasteiger partial charge in [0, 0.05) is 6.20 Å². The lowest BCUT2D eigenvalue weighted by molar-refractivity contribution is 1.21. The molecule has 1 aromatic rings. The van der Waals surface area contributed by atoms with E-state index in [0.29, 0.717) is 4.60 Å². The van der Waals surface area contributed by atoms with Gasteiger partial charge in [-0.2, -0.15) is 0 Å². The molecule has 11 heavy (non-hydrogen) atoms. The van der Waals surface area contributed by atoms with Crippen LogP contribution in [0.15, 0.2) is 19.7 Å². The molecule has 0 bridgehead atoms. The van der Waals surface area contributed by atoms with Gasteiger partial charge in [0.1, 0.15) is 4.60 Å². The number of pyridine rings is 1. The Balaban J connectivity index is 3.29. The van der Waals surface area contributed by atoms with Crippen LogP contribution in [0.5, 0.6) is 0 Å². The SMILES string of the molecule is NNc1c(Br)cnc(Br)c1Br. The average molecular weight is 346 g/mol. The normalized spacial score (nSPS) is 9.82. The molecule has 1 rings (SSSR count). The number of anilines is 1. The fourth-order valence-electron chi connectivity index (χ4n) is 0.575. The Morgan fingerprint density at radius 1 is 1.36 bits per heavy atom. The van der Waals surface area contributed by atoms with E-state index in [1.54, 1.807) is 6.20 Å². The van der Waals surface area contributed by atoms with Crippen LogP contribution < -0.4 is 11.3 Å². The van der Waals surface area contributed by atoms with Gasteiger partial charge in [0.25, 0.3) is 0 Å². The molecule has 0 amide bonds. The number of nitrogens with two attached hydrogens (primary N) is 1. The number of hydrogen-bond donors (Lipinski definition) is 2. The van der Waals surface area contributed by atoms with Gasteiger partial charge in [-0.1, -0.05) is 0 Å². The molecule has 6 heteroatoms. The first kappa shape index (κ1) is 9.44. The topological polar surface area (TPSA) is 50.9 Å². The van der Waals surface area contributed by atoms with E-state index in [1.807, 2.05) is 0 Å². The third kappa shape index (κ3) is 1.93. The highest BCUT2D eigenvalue weighted by Crippen LogP contribution is 2.33. The molecule has 0 radical (unpaired) electrons. The van der Waals surface area contributed by atoms with E-state index >= 15 is 0 Å². The molecule has 0 unspecified atom stereocenters. The maximum Gasteiger partial charge on any atom is 0.122 e. The standard InChI is InChI=1S/C5H4Br3N3/c6-2-1-10-5(8)3(7)4(2)11-9/h1H,9H2,(H,10,11). The van der Waals surface area contributed by atoms with Crippen molar-refractivity contribution < 1.29 is 0 Å². The third-order valence-corrected chi connectivity index (χ3v) is 3.58. The Morgan fingerprint density at radius 2 is 2.00 bits per heavy atom. The molecule has 0 saturated heterocycles. The summed E-state index contributed by atoms with van der Waals surface area (Å²) in [5.74, 6) is 5.26. The highest BCUT2D eigenvalue weighted by Gasteiger charge is 2.07. The molecule has 1 heterocycles. The summed E-state index contributed by atoms with van der Waals surface area (Å²) in [5.41, 5.74) is 3.31. The zero-order valence-corrected chi connectivity index (χ0v) is 9.99. The van der Waals surface area contributed by atoms with Crippen molar-refractivity contribution in [3.8, 4) is 0 Å². The number of hydrogen-bond acceptors (Lipinski definition) is 3. The number of nitrogen functional groups attached to an aromatic ring is 1. The van der Waals surface area contributed by atoms with Crippen molar-refractivity contribution in [3.05, 3.63) is 19.7 Å². The molecule has 0 spiro atoms. The number of nitrogens with one attached hydrogen (secondary N) is 1. The fraction of sp³-hybridized carbons (Fsp3) is 0. The molecular weight excluding hydrogens is 342 g/mol. The van der Waals surface area contributed by atoms with Crippen LogP contribution in [0, 0.1) is 0 Å². The van der Waals surface area contributed by atoms with Gasteiger partial charge in [-0.3, -0.25) is 5.84 Å². The number of rotatable bonds is 1. The van der Waals surface area contributed by atoms with Gasteiger partial charge in [-0.05, 0) is 47.8 Å². The molecule has 3 N–H and O–H groups in total. The van der Waals surface area contributed by atoms with E-state index in [-0.39, 0.29) is 0 Å². The van der Waals surface area contributed by atoms with Crippen LogP contribution in [-0.2, 0) is 0 Å². The Hall–Kier alpha value is 0.350. The van der Waals surface area contributed by atoms with Crippen LogP contribution in [0.4, 0.5) is 5.69 Å². The summed E-state index contributed by atoms with van der Waals surface area (Å²) in [6.07, 6.45) is 1.66. The minimum atomic E-state index is 0.716. The van der Waals surface area contributed by atoms with Crippen molar-refractivity contribution in [2.75, 3.05) is 5.43 Å². The van der Waals surface area contributed by atoms with Gasteiger partial charge in [-0.25, -0.2) is 4.98 Å². The van der Waals surface area contributed by atoms with Crippen LogP contribution in [0.1, 0.15) is 0 Å². The molecule has 0 saturated carbocycles. The van der Waals surface area contributed by atoms with Crippen LogP contribution in [0.3, 0.4) is 0 Å². The predicted octanol–water partition coefficient (Wildman–Crippen LogP) is 2.65. The zero-order valence-electron chi connectivity index (χ0n) is 5.24. The lowest BCUT2D eigenvalue weighted by Gasteiger charge is -2.05. The first-order valence-corrected chi connectivity index (χ1v) is 5.01. The number of hydrazine groups is 1. The van der Waals surface area contributed by atoms with Gasteiger partial charge in [0.15, 0.2) is 0 Å². The van der Waals surface area contributed by atoms with Crippen LogP contribution >= 0.6 is 47.8 Å². The molecule has 3 nitrogen and oxygen atoms in total. The average Bonchev–Trinajstić information content (AvgIpc) is 1.99. The lowest BCUT2D eigenvalue weighted by atomic mass is 10.4. The Morgan fingerprint density at radius 3 is 2.45 bits per heavy atom. The fourth-order valence-corrected chi connectivity index (χ4v) is 1.99. The Bertz CT molecular complexity index is 276. The zero-order chi connectivity index (χ0) is 8.43. The predicted molar refractivity (Wildman–Crippen MR) is 55.1 cm³/mol. The summed E-state index contributed by atoms with van der Waals surface area (Å²) in [5, 5.41) is 0. The molecule has 0 atom stereocenters. The second-order valence-corrected chi connectivity index (χ2v) is 4.13. The van der Waals surface area contributed by atoms with E-state index in [9.17, 15) is 0 Å². The monoisotopic (exact) mass is 343 g/mol. The van der Waals surface area contributed by atoms with E-state index < -0.39 is 0 Å². The second kappa shape index (κ2) is 3.84. The van der Waals surface area contributed by atoms with Gasteiger partial charge in [-0.15, -0.1) is 0 Å². The molecule has 0 aliphatic rings. The highest BCUT2D eigenvalue weighted by molar-refractivity contribution is 9.13. The summed E-state index contributed by atoms with van der Waals surface area (Å²) in [7, 11) is 0. The molecule has 0 aromatic carbocycles. The van der Waals surface area contributed by atoms with Crippen molar-refractivity contribution in [1.29, 1.82) is 0 Å². The van der Waals surface area contributed by atoms with E-state index in [0.717, 1.165) is 14.6 Å². The summed E-state index contributed by atoms with van der Waals surface area (Å²) >= 11 is 9.84. The van der Waals surface area contributed by atoms with Crippen LogP contribution in [0.2, 0.25) is 0 Å². The lowest BCUT2D eigenvalue weighted by Crippen LogP contribution is -2.08. The number of aromatic nitrogens is 1. The van der Waals surface area contributed by atoms with E-state index in [4.69, 9.17) is 5.84 Å². The maximum absolute atomic E-state index is 5.26. The van der Waals surface area contributed by atoms with Crippen LogP contribution in [0.25, 0.3) is 0 Å². The molecule has 1 aromatic heterocycles. The highest BCUT2D eigenvalue weighted by atomic mass is 79.9. The molecule has 0 aliphatic carbocycles. The van der Waals surface area contributed by atoms with Crippen molar-refractivity contribution in [2.45, 2.75) is 0 Å². The summed E-state index contributed by atoms with van der Waals surface area (Å²) in [4.78, 5) is 4.01. The van der Waals surface area contributed by atoms with Crippen molar-refractivity contribution in [1.82, 2.24) is 4.98 Å². The third-order valence-electron chi connectivity index (χ3n) is 1.08. The van der Waals surface area contributed by atoms with Gasteiger partial charge in [0.05, 0.1) is 14.6 Å². The van der Waals surface area contributed by atoms with Gasteiger partial charge >= 0.3 is 0 Å². The maximum atomic E-state index is 5.26. The second-order valence-electron chi connectivity index (χ2n) is 1.73. The summed E-state index contributed by atoms with van der Waals surface area (Å²) in [6, 6.07) is 0. The quantitative estimate of drug-likeness (QED) is 0.467. The van der Waals surface area contributed by atoms with Crippen LogP contribution in [-0.4, -0.2) is 4.98 Å². The largest absolute Gasteiger partial charge is 0.322 e. The van der Waals surface area contributed by atoms with Crippen molar-refractivity contribution >= 4 is 53.5 Å². The molecular formula is C5H4Br3N3. The van der Waals surface area contributed by atoms with Gasteiger partial charge in [0.2, 0.25) is 0 Å². The minimum Gasteiger partial charge on any atom is -0.322 e. The number of halogens is 3. The first-order valence-electron chi connectivity index (χ1n) is 2.63. The first-order chi connectivity index (χ1) is 5.16. The number of nitrogens with zero attached hydrogens (tertiary/aromatic N) is 1. The smallest absolute Gasteiger partial charge is 0.122 e. The molecule has 0 aliphatic heterocycles. The van der Waals surface area contributed by atoms with Crippen molar-refractivity contribution in [3.63, 3.8) is 0 Å². The summed E-state index contributed by atoms with van der Waals surface area (Å²) < 4.78 is 2.33. The van der Waals surface area contributed by atoms with E-state index in [2.05, 4.69) is 58.2 Å². The Labute approximate surface area is 89.1 Å². The summed E-state index contributed by atoms with van der Waals surface area (Å²) in [6.45, 7) is 0. The van der Waals surface area contributed by atoms with E-state index in [1.165, 1.54) is 0 Å². The molecule has 0 fully saturated rings. The van der Waals surface area contributed by atoms with Crippen molar-refractivity contribution in [2.24, 2.45) is 5.84 Å². The molecule has 60 valence electrons. The van der Waals surface area contributed by atoms with Gasteiger partial charge < -0.3 is 5.43 Å².